The number of hydrogen-bond acceptors (Lipinski definition) is 2. The Kier molecular flexibility index (Phi) is 4.83. The first kappa shape index (κ1) is 15.4. The van der Waals surface area contributed by atoms with Gasteiger partial charge < -0.3 is 9.84 Å². The zero-order chi connectivity index (χ0) is 15.4. The Balaban J connectivity index is 2.32. The zero-order valence-corrected chi connectivity index (χ0v) is 12.0. The second-order valence-corrected chi connectivity index (χ2v) is 4.83. The molecule has 0 aliphatic carbocycles. The van der Waals surface area contributed by atoms with E-state index in [1.807, 2.05) is 0 Å². The molecule has 0 aliphatic rings. The number of carbonyl (C=O) groups is 1. The lowest BCUT2D eigenvalue weighted by atomic mass is 10.2. The Morgan fingerprint density at radius 3 is 2.71 bits per heavy atom. The molecule has 2 aromatic carbocycles. The lowest BCUT2D eigenvalue weighted by Gasteiger charge is -2.09. The van der Waals surface area contributed by atoms with Gasteiger partial charge in [0.1, 0.15) is 22.3 Å². The summed E-state index contributed by atoms with van der Waals surface area (Å²) in [7, 11) is 0. The number of hydrogen-bond donors (Lipinski definition) is 1. The molecule has 0 amide bonds. The fourth-order valence-electron chi connectivity index (χ4n) is 1.60. The third-order valence-corrected chi connectivity index (χ3v) is 3.26. The molecule has 0 radical (unpaired) electrons. The molecule has 0 unspecified atom stereocenters. The van der Waals surface area contributed by atoms with Gasteiger partial charge in [-0.2, -0.15) is 0 Å². The Labute approximate surface area is 130 Å². The van der Waals surface area contributed by atoms with E-state index in [9.17, 15) is 9.18 Å². The van der Waals surface area contributed by atoms with E-state index in [1.165, 1.54) is 18.2 Å². The van der Waals surface area contributed by atoms with Crippen LogP contribution in [0.3, 0.4) is 0 Å². The smallest absolute Gasteiger partial charge is 0.328 e. The van der Waals surface area contributed by atoms with Gasteiger partial charge in [-0.15, -0.1) is 0 Å². The highest BCUT2D eigenvalue weighted by Gasteiger charge is 2.08. The number of aliphatic carboxylic acids is 1. The molecule has 0 heterocycles. The molecule has 2 aromatic rings. The molecule has 0 aliphatic heterocycles. The summed E-state index contributed by atoms with van der Waals surface area (Å²) < 4.78 is 19.0. The maximum atomic E-state index is 13.5. The van der Waals surface area contributed by atoms with Crippen LogP contribution in [-0.4, -0.2) is 11.1 Å². The molecule has 0 saturated carbocycles. The Hall–Kier alpha value is -2.04. The molecule has 0 spiro atoms. The van der Waals surface area contributed by atoms with Crippen molar-refractivity contribution < 1.29 is 19.0 Å². The number of benzene rings is 2. The quantitative estimate of drug-likeness (QED) is 0.802. The molecule has 0 fully saturated rings. The van der Waals surface area contributed by atoms with Crippen molar-refractivity contribution in [3.63, 3.8) is 0 Å². The van der Waals surface area contributed by atoms with Crippen molar-refractivity contribution in [3.8, 4) is 11.5 Å². The molecule has 2 rings (SSSR count). The maximum Gasteiger partial charge on any atom is 0.328 e. The topological polar surface area (TPSA) is 46.5 Å². The largest absolute Gasteiger partial charge is 0.478 e. The summed E-state index contributed by atoms with van der Waals surface area (Å²) in [4.78, 5) is 10.5. The average molecular weight is 327 g/mol. The van der Waals surface area contributed by atoms with E-state index in [-0.39, 0.29) is 16.5 Å². The van der Waals surface area contributed by atoms with Crippen molar-refractivity contribution in [1.29, 1.82) is 0 Å². The molecule has 6 heteroatoms. The Morgan fingerprint density at radius 2 is 2.00 bits per heavy atom. The zero-order valence-electron chi connectivity index (χ0n) is 10.5. The van der Waals surface area contributed by atoms with Crippen molar-refractivity contribution in [1.82, 2.24) is 0 Å². The summed E-state index contributed by atoms with van der Waals surface area (Å²) in [5, 5.41) is 9.10. The third kappa shape index (κ3) is 4.21. The number of rotatable bonds is 4. The monoisotopic (exact) mass is 326 g/mol. The van der Waals surface area contributed by atoms with E-state index in [0.717, 1.165) is 12.1 Å². The standard InChI is InChI=1S/C15H9Cl2FO3/c16-12-2-1-3-13(15(12)17)21-11-7-9(4-5-14(19)20)6-10(18)8-11/h1-8H,(H,19,20)/b5-4+. The first-order chi connectivity index (χ1) is 9.95. The van der Waals surface area contributed by atoms with Crippen LogP contribution in [0.1, 0.15) is 5.56 Å². The van der Waals surface area contributed by atoms with Gasteiger partial charge in [0.15, 0.2) is 0 Å². The highest BCUT2D eigenvalue weighted by atomic mass is 35.5. The molecule has 21 heavy (non-hydrogen) atoms. The third-order valence-electron chi connectivity index (χ3n) is 2.46. The van der Waals surface area contributed by atoms with Crippen LogP contribution < -0.4 is 4.74 Å². The minimum Gasteiger partial charge on any atom is -0.478 e. The van der Waals surface area contributed by atoms with E-state index in [1.54, 1.807) is 18.2 Å². The molecule has 0 atom stereocenters. The fraction of sp³-hybridized carbons (Fsp3) is 0. The summed E-state index contributed by atoms with van der Waals surface area (Å²) in [6.45, 7) is 0. The molecule has 1 N–H and O–H groups in total. The van der Waals surface area contributed by atoms with Crippen molar-refractivity contribution in [2.75, 3.05) is 0 Å². The molecular weight excluding hydrogens is 318 g/mol. The maximum absolute atomic E-state index is 13.5. The van der Waals surface area contributed by atoms with Gasteiger partial charge in [-0.3, -0.25) is 0 Å². The summed E-state index contributed by atoms with van der Waals surface area (Å²) in [6, 6.07) is 8.67. The summed E-state index contributed by atoms with van der Waals surface area (Å²) in [6.07, 6.45) is 2.17. The van der Waals surface area contributed by atoms with E-state index < -0.39 is 11.8 Å². The highest BCUT2D eigenvalue weighted by molar-refractivity contribution is 6.42. The number of carboxylic acids is 1. The van der Waals surface area contributed by atoms with Gasteiger partial charge in [0, 0.05) is 12.1 Å². The van der Waals surface area contributed by atoms with E-state index in [4.69, 9.17) is 33.0 Å². The van der Waals surface area contributed by atoms with Crippen molar-refractivity contribution in [3.05, 3.63) is 63.9 Å². The van der Waals surface area contributed by atoms with Gasteiger partial charge in [0.05, 0.1) is 5.02 Å². The van der Waals surface area contributed by atoms with Crippen LogP contribution in [0.5, 0.6) is 11.5 Å². The minimum atomic E-state index is -1.13. The first-order valence-corrected chi connectivity index (χ1v) is 6.55. The SMILES string of the molecule is O=C(O)/C=C/c1cc(F)cc(Oc2cccc(Cl)c2Cl)c1. The van der Waals surface area contributed by atoms with E-state index in [0.29, 0.717) is 10.6 Å². The fourth-order valence-corrected chi connectivity index (χ4v) is 1.93. The number of carboxylic acid groups (broad SMARTS) is 1. The molecule has 0 aromatic heterocycles. The molecular formula is C15H9Cl2FO3. The predicted molar refractivity (Wildman–Crippen MR) is 79.6 cm³/mol. The van der Waals surface area contributed by atoms with Gasteiger partial charge in [-0.05, 0) is 35.9 Å². The summed E-state index contributed by atoms with van der Waals surface area (Å²) >= 11 is 11.8. The van der Waals surface area contributed by atoms with Crippen LogP contribution in [0.25, 0.3) is 6.08 Å². The van der Waals surface area contributed by atoms with Crippen LogP contribution in [0, 0.1) is 5.82 Å². The van der Waals surface area contributed by atoms with Gasteiger partial charge in [-0.1, -0.05) is 29.3 Å². The van der Waals surface area contributed by atoms with Crippen LogP contribution in [0.4, 0.5) is 4.39 Å². The van der Waals surface area contributed by atoms with Crippen LogP contribution in [0.15, 0.2) is 42.5 Å². The second kappa shape index (κ2) is 6.61. The van der Waals surface area contributed by atoms with Crippen LogP contribution in [0.2, 0.25) is 10.0 Å². The van der Waals surface area contributed by atoms with Crippen molar-refractivity contribution >= 4 is 35.2 Å². The van der Waals surface area contributed by atoms with Gasteiger partial charge in [-0.25, -0.2) is 9.18 Å². The minimum absolute atomic E-state index is 0.184. The van der Waals surface area contributed by atoms with Crippen molar-refractivity contribution in [2.24, 2.45) is 0 Å². The molecule has 108 valence electrons. The van der Waals surface area contributed by atoms with Crippen LogP contribution >= 0.6 is 23.2 Å². The lowest BCUT2D eigenvalue weighted by molar-refractivity contribution is -0.131. The highest BCUT2D eigenvalue weighted by Crippen LogP contribution is 2.35. The van der Waals surface area contributed by atoms with Gasteiger partial charge >= 0.3 is 5.97 Å². The number of halogens is 3. The lowest BCUT2D eigenvalue weighted by Crippen LogP contribution is -1.89. The van der Waals surface area contributed by atoms with Gasteiger partial charge in [0.2, 0.25) is 0 Å². The summed E-state index contributed by atoms with van der Waals surface area (Å²) in [5.74, 6) is -1.22. The van der Waals surface area contributed by atoms with Crippen molar-refractivity contribution in [2.45, 2.75) is 0 Å². The second-order valence-electron chi connectivity index (χ2n) is 4.05. The molecule has 0 bridgehead atoms. The Bertz CT molecular complexity index is 714. The van der Waals surface area contributed by atoms with E-state index in [2.05, 4.69) is 0 Å². The predicted octanol–water partition coefficient (Wildman–Crippen LogP) is 5.02. The average Bonchev–Trinajstić information content (AvgIpc) is 2.41. The van der Waals surface area contributed by atoms with Gasteiger partial charge in [0.25, 0.3) is 0 Å². The molecule has 0 saturated heterocycles. The normalized spacial score (nSPS) is 10.8. The van der Waals surface area contributed by atoms with E-state index >= 15 is 0 Å². The number of ether oxygens (including phenoxy) is 1. The van der Waals surface area contributed by atoms with Crippen LogP contribution in [-0.2, 0) is 4.79 Å². The Morgan fingerprint density at radius 1 is 1.24 bits per heavy atom. The summed E-state index contributed by atoms with van der Waals surface area (Å²) in [5.41, 5.74) is 0.352. The molecule has 3 nitrogen and oxygen atoms in total. The first-order valence-electron chi connectivity index (χ1n) is 5.79.